The van der Waals surface area contributed by atoms with Gasteiger partial charge in [-0.2, -0.15) is 0 Å². The molecule has 0 aromatic carbocycles. The molecule has 0 saturated carbocycles. The zero-order valence-electron chi connectivity index (χ0n) is 8.51. The van der Waals surface area contributed by atoms with E-state index in [0.717, 1.165) is 0 Å². The predicted molar refractivity (Wildman–Crippen MR) is 54.9 cm³/mol. The minimum atomic E-state index is 0.206. The van der Waals surface area contributed by atoms with E-state index in [-0.39, 0.29) is 5.41 Å². The summed E-state index contributed by atoms with van der Waals surface area (Å²) < 4.78 is 0. The van der Waals surface area contributed by atoms with Gasteiger partial charge in [0.15, 0.2) is 0 Å². The van der Waals surface area contributed by atoms with Crippen LogP contribution in [0, 0.1) is 0 Å². The zero-order chi connectivity index (χ0) is 9.35. The summed E-state index contributed by atoms with van der Waals surface area (Å²) in [6, 6.07) is 0. The molecule has 1 heterocycles. The monoisotopic (exact) mass is 183 g/mol. The summed E-state index contributed by atoms with van der Waals surface area (Å²) in [5.74, 6) is 0.610. The van der Waals surface area contributed by atoms with Gasteiger partial charge in [-0.3, -0.25) is 0 Å². The van der Waals surface area contributed by atoms with Crippen LogP contribution < -0.4 is 0 Å². The molecule has 0 bridgehead atoms. The Bertz CT molecular complexity index is 255. The molecule has 0 saturated heterocycles. The highest BCUT2D eigenvalue weighted by atomic mass is 32.1. The van der Waals surface area contributed by atoms with E-state index in [1.165, 1.54) is 9.88 Å². The molecule has 1 aromatic heterocycles. The fourth-order valence-corrected chi connectivity index (χ4v) is 1.88. The van der Waals surface area contributed by atoms with E-state index in [1.54, 1.807) is 0 Å². The van der Waals surface area contributed by atoms with Crippen molar-refractivity contribution in [2.45, 2.75) is 46.0 Å². The Morgan fingerprint density at radius 3 is 2.17 bits per heavy atom. The quantitative estimate of drug-likeness (QED) is 0.648. The Morgan fingerprint density at radius 2 is 1.92 bits per heavy atom. The van der Waals surface area contributed by atoms with Gasteiger partial charge in [-0.25, -0.2) is 4.98 Å². The van der Waals surface area contributed by atoms with E-state index >= 15 is 0 Å². The van der Waals surface area contributed by atoms with E-state index in [0.29, 0.717) is 5.92 Å². The van der Waals surface area contributed by atoms with Crippen LogP contribution in [0.1, 0.15) is 50.4 Å². The molecule has 0 atom stereocenters. The van der Waals surface area contributed by atoms with Gasteiger partial charge in [-0.15, -0.1) is 11.3 Å². The van der Waals surface area contributed by atoms with Crippen molar-refractivity contribution in [1.82, 2.24) is 4.98 Å². The molecule has 2 heteroatoms. The Hall–Kier alpha value is -0.370. The number of aromatic nitrogens is 1. The first-order chi connectivity index (χ1) is 5.41. The van der Waals surface area contributed by atoms with Crippen molar-refractivity contribution in [1.29, 1.82) is 0 Å². The van der Waals surface area contributed by atoms with E-state index in [2.05, 4.69) is 39.6 Å². The Kier molecular flexibility index (Phi) is 2.57. The van der Waals surface area contributed by atoms with Gasteiger partial charge in [-0.05, 0) is 5.92 Å². The second kappa shape index (κ2) is 3.17. The van der Waals surface area contributed by atoms with E-state index in [4.69, 9.17) is 0 Å². The van der Waals surface area contributed by atoms with Crippen LogP contribution >= 0.6 is 11.3 Å². The van der Waals surface area contributed by atoms with Crippen LogP contribution in [0.4, 0.5) is 0 Å². The molecule has 0 aliphatic rings. The first kappa shape index (κ1) is 9.72. The first-order valence-corrected chi connectivity index (χ1v) is 5.19. The predicted octanol–water partition coefficient (Wildman–Crippen LogP) is 3.56. The molecule has 0 spiro atoms. The molecule has 0 radical (unpaired) electrons. The molecule has 0 unspecified atom stereocenters. The van der Waals surface area contributed by atoms with Crippen LogP contribution in [0.25, 0.3) is 0 Å². The van der Waals surface area contributed by atoms with E-state index in [1.807, 2.05) is 17.5 Å². The zero-order valence-corrected chi connectivity index (χ0v) is 9.33. The highest BCUT2D eigenvalue weighted by Gasteiger charge is 2.18. The average molecular weight is 183 g/mol. The van der Waals surface area contributed by atoms with Gasteiger partial charge in [-0.1, -0.05) is 34.6 Å². The van der Waals surface area contributed by atoms with Gasteiger partial charge in [0.2, 0.25) is 0 Å². The SMILES string of the molecule is CC(C)c1cnc(C(C)(C)C)s1. The second-order valence-electron chi connectivity index (χ2n) is 4.47. The third kappa shape index (κ3) is 2.07. The van der Waals surface area contributed by atoms with Crippen molar-refractivity contribution < 1.29 is 0 Å². The van der Waals surface area contributed by atoms with Crippen molar-refractivity contribution in [3.63, 3.8) is 0 Å². The van der Waals surface area contributed by atoms with Gasteiger partial charge in [0, 0.05) is 16.5 Å². The highest BCUT2D eigenvalue weighted by Crippen LogP contribution is 2.30. The number of nitrogens with zero attached hydrogens (tertiary/aromatic N) is 1. The lowest BCUT2D eigenvalue weighted by molar-refractivity contribution is 0.585. The maximum Gasteiger partial charge on any atom is 0.0981 e. The third-order valence-corrected chi connectivity index (χ3v) is 3.46. The molecule has 0 fully saturated rings. The minimum Gasteiger partial charge on any atom is -0.249 e. The molecular weight excluding hydrogens is 166 g/mol. The summed E-state index contributed by atoms with van der Waals surface area (Å²) in [6.45, 7) is 11.0. The Balaban J connectivity index is 2.92. The summed E-state index contributed by atoms with van der Waals surface area (Å²) in [4.78, 5) is 5.82. The molecule has 1 aromatic rings. The number of rotatable bonds is 1. The topological polar surface area (TPSA) is 12.9 Å². The van der Waals surface area contributed by atoms with Crippen LogP contribution in [0.15, 0.2) is 6.20 Å². The average Bonchev–Trinajstić information content (AvgIpc) is 2.30. The maximum absolute atomic E-state index is 4.43. The molecule has 0 aliphatic carbocycles. The lowest BCUT2D eigenvalue weighted by Crippen LogP contribution is -2.09. The summed E-state index contributed by atoms with van der Waals surface area (Å²) >= 11 is 1.84. The van der Waals surface area contributed by atoms with Crippen LogP contribution in [0.3, 0.4) is 0 Å². The summed E-state index contributed by atoms with van der Waals surface area (Å²) in [5.41, 5.74) is 0.206. The molecule has 0 N–H and O–H groups in total. The van der Waals surface area contributed by atoms with Crippen LogP contribution in [-0.2, 0) is 5.41 Å². The standard InChI is InChI=1S/C10H17NS/c1-7(2)8-6-11-9(12-8)10(3,4)5/h6-7H,1-5H3. The van der Waals surface area contributed by atoms with E-state index < -0.39 is 0 Å². The Labute approximate surface area is 78.8 Å². The van der Waals surface area contributed by atoms with Crippen molar-refractivity contribution in [3.05, 3.63) is 16.1 Å². The lowest BCUT2D eigenvalue weighted by atomic mass is 9.98. The number of hydrogen-bond donors (Lipinski definition) is 0. The Morgan fingerprint density at radius 1 is 1.33 bits per heavy atom. The lowest BCUT2D eigenvalue weighted by Gasteiger charge is -2.13. The van der Waals surface area contributed by atoms with Gasteiger partial charge >= 0.3 is 0 Å². The maximum atomic E-state index is 4.43. The molecule has 1 nitrogen and oxygen atoms in total. The van der Waals surface area contributed by atoms with Crippen molar-refractivity contribution in [2.24, 2.45) is 0 Å². The van der Waals surface area contributed by atoms with Crippen molar-refractivity contribution in [2.75, 3.05) is 0 Å². The van der Waals surface area contributed by atoms with Gasteiger partial charge in [0.25, 0.3) is 0 Å². The van der Waals surface area contributed by atoms with Crippen molar-refractivity contribution >= 4 is 11.3 Å². The van der Waals surface area contributed by atoms with Crippen LogP contribution in [-0.4, -0.2) is 4.98 Å². The normalized spacial score (nSPS) is 12.5. The molecule has 68 valence electrons. The van der Waals surface area contributed by atoms with Gasteiger partial charge in [0.05, 0.1) is 5.01 Å². The van der Waals surface area contributed by atoms with Gasteiger partial charge < -0.3 is 0 Å². The highest BCUT2D eigenvalue weighted by molar-refractivity contribution is 7.11. The first-order valence-electron chi connectivity index (χ1n) is 4.37. The fraction of sp³-hybridized carbons (Fsp3) is 0.700. The van der Waals surface area contributed by atoms with Crippen molar-refractivity contribution in [3.8, 4) is 0 Å². The fourth-order valence-electron chi connectivity index (χ4n) is 0.900. The minimum absolute atomic E-state index is 0.206. The number of hydrogen-bond acceptors (Lipinski definition) is 2. The van der Waals surface area contributed by atoms with Gasteiger partial charge in [0.1, 0.15) is 0 Å². The third-order valence-electron chi connectivity index (χ3n) is 1.73. The summed E-state index contributed by atoms with van der Waals surface area (Å²) in [7, 11) is 0. The van der Waals surface area contributed by atoms with Crippen LogP contribution in [0.2, 0.25) is 0 Å². The summed E-state index contributed by atoms with van der Waals surface area (Å²) in [5, 5.41) is 1.24. The van der Waals surface area contributed by atoms with Crippen LogP contribution in [0.5, 0.6) is 0 Å². The molecular formula is C10H17NS. The second-order valence-corrected chi connectivity index (χ2v) is 5.53. The summed E-state index contributed by atoms with van der Waals surface area (Å²) in [6.07, 6.45) is 2.01. The molecule has 0 amide bonds. The largest absolute Gasteiger partial charge is 0.249 e. The molecule has 12 heavy (non-hydrogen) atoms. The van der Waals surface area contributed by atoms with E-state index in [9.17, 15) is 0 Å². The molecule has 1 rings (SSSR count). The number of thiazole rings is 1. The smallest absolute Gasteiger partial charge is 0.0981 e. The molecule has 0 aliphatic heterocycles.